The van der Waals surface area contributed by atoms with Gasteiger partial charge in [-0.2, -0.15) is 0 Å². The fourth-order valence-corrected chi connectivity index (χ4v) is 1.54. The molecule has 14 heavy (non-hydrogen) atoms. The highest BCUT2D eigenvalue weighted by Gasteiger charge is 2.29. The quantitative estimate of drug-likeness (QED) is 0.721. The fraction of sp³-hybridized carbons (Fsp3) is 0.300. The standard InChI is InChI=1S/C10H9N3O/c1-2-7(1)9-10(12-5-4-11-9)8-3-6-14-13-8/h3-7H,1-2H2. The summed E-state index contributed by atoms with van der Waals surface area (Å²) in [6, 6.07) is 1.82. The Hall–Kier alpha value is -1.71. The van der Waals surface area contributed by atoms with E-state index in [1.54, 1.807) is 18.7 Å². The van der Waals surface area contributed by atoms with Crippen LogP contribution in [0.15, 0.2) is 29.2 Å². The lowest BCUT2D eigenvalue weighted by Crippen LogP contribution is -1.94. The van der Waals surface area contributed by atoms with Gasteiger partial charge in [-0.05, 0) is 12.8 Å². The molecule has 0 unspecified atom stereocenters. The Labute approximate surface area is 81.0 Å². The summed E-state index contributed by atoms with van der Waals surface area (Å²) in [4.78, 5) is 8.65. The van der Waals surface area contributed by atoms with Crippen LogP contribution in [0.2, 0.25) is 0 Å². The van der Waals surface area contributed by atoms with E-state index in [0.29, 0.717) is 5.92 Å². The number of nitrogens with zero attached hydrogens (tertiary/aromatic N) is 3. The van der Waals surface area contributed by atoms with Crippen molar-refractivity contribution in [1.82, 2.24) is 15.1 Å². The first-order valence-electron chi connectivity index (χ1n) is 4.67. The minimum Gasteiger partial charge on any atom is -0.364 e. The Balaban J connectivity index is 2.12. The summed E-state index contributed by atoms with van der Waals surface area (Å²) in [6.07, 6.45) is 7.40. The molecule has 0 aromatic carbocycles. The van der Waals surface area contributed by atoms with Crippen molar-refractivity contribution in [1.29, 1.82) is 0 Å². The van der Waals surface area contributed by atoms with Gasteiger partial charge in [-0.15, -0.1) is 0 Å². The van der Waals surface area contributed by atoms with Gasteiger partial charge in [-0.25, -0.2) is 0 Å². The third kappa shape index (κ3) is 1.19. The van der Waals surface area contributed by atoms with E-state index in [9.17, 15) is 0 Å². The number of hydrogen-bond donors (Lipinski definition) is 0. The third-order valence-corrected chi connectivity index (χ3v) is 2.37. The second kappa shape index (κ2) is 2.90. The summed E-state index contributed by atoms with van der Waals surface area (Å²) in [6.45, 7) is 0. The van der Waals surface area contributed by atoms with E-state index >= 15 is 0 Å². The van der Waals surface area contributed by atoms with Crippen LogP contribution >= 0.6 is 0 Å². The molecule has 0 aliphatic heterocycles. The van der Waals surface area contributed by atoms with Crippen molar-refractivity contribution in [3.05, 3.63) is 30.4 Å². The summed E-state index contributed by atoms with van der Waals surface area (Å²) in [5, 5.41) is 3.88. The third-order valence-electron chi connectivity index (χ3n) is 2.37. The molecule has 0 radical (unpaired) electrons. The van der Waals surface area contributed by atoms with Crippen LogP contribution in [0.1, 0.15) is 24.5 Å². The van der Waals surface area contributed by atoms with Crippen molar-refractivity contribution < 1.29 is 4.52 Å². The van der Waals surface area contributed by atoms with E-state index in [0.717, 1.165) is 17.1 Å². The first-order valence-corrected chi connectivity index (χ1v) is 4.67. The zero-order valence-corrected chi connectivity index (χ0v) is 7.55. The smallest absolute Gasteiger partial charge is 0.134 e. The molecule has 4 heteroatoms. The first-order chi connectivity index (χ1) is 6.95. The van der Waals surface area contributed by atoms with E-state index in [-0.39, 0.29) is 0 Å². The van der Waals surface area contributed by atoms with Gasteiger partial charge in [0.1, 0.15) is 17.7 Å². The topological polar surface area (TPSA) is 51.8 Å². The lowest BCUT2D eigenvalue weighted by molar-refractivity contribution is 0.422. The fourth-order valence-electron chi connectivity index (χ4n) is 1.54. The molecule has 0 saturated heterocycles. The molecule has 2 aromatic heterocycles. The molecule has 0 atom stereocenters. The van der Waals surface area contributed by atoms with E-state index in [2.05, 4.69) is 15.1 Å². The molecule has 1 aliphatic carbocycles. The maximum atomic E-state index is 4.81. The van der Waals surface area contributed by atoms with E-state index in [4.69, 9.17) is 4.52 Å². The van der Waals surface area contributed by atoms with Crippen molar-refractivity contribution in [2.24, 2.45) is 0 Å². The van der Waals surface area contributed by atoms with Crippen molar-refractivity contribution >= 4 is 0 Å². The van der Waals surface area contributed by atoms with Gasteiger partial charge in [0.15, 0.2) is 0 Å². The number of rotatable bonds is 2. The lowest BCUT2D eigenvalue weighted by Gasteiger charge is -2.01. The molecule has 0 spiro atoms. The first kappa shape index (κ1) is 7.67. The molecule has 3 rings (SSSR count). The largest absolute Gasteiger partial charge is 0.364 e. The Morgan fingerprint density at radius 2 is 2.07 bits per heavy atom. The molecule has 1 aliphatic rings. The average Bonchev–Trinajstić information content (AvgIpc) is 2.94. The molecule has 70 valence electrons. The molecule has 0 N–H and O–H groups in total. The van der Waals surface area contributed by atoms with Crippen molar-refractivity contribution in [2.75, 3.05) is 0 Å². The van der Waals surface area contributed by atoms with Gasteiger partial charge in [0, 0.05) is 24.4 Å². The Morgan fingerprint density at radius 3 is 2.79 bits per heavy atom. The highest BCUT2D eigenvalue weighted by Crippen LogP contribution is 2.41. The highest BCUT2D eigenvalue weighted by molar-refractivity contribution is 5.57. The molecule has 1 fully saturated rings. The summed E-state index contributed by atoms with van der Waals surface area (Å²) in [5.41, 5.74) is 2.70. The second-order valence-electron chi connectivity index (χ2n) is 3.45. The van der Waals surface area contributed by atoms with Crippen molar-refractivity contribution in [3.8, 4) is 11.4 Å². The average molecular weight is 187 g/mol. The molecule has 2 heterocycles. The Bertz CT molecular complexity index is 434. The van der Waals surface area contributed by atoms with Gasteiger partial charge in [-0.1, -0.05) is 5.16 Å². The van der Waals surface area contributed by atoms with Gasteiger partial charge >= 0.3 is 0 Å². The molecule has 2 aromatic rings. The van der Waals surface area contributed by atoms with E-state index in [1.165, 1.54) is 12.8 Å². The van der Waals surface area contributed by atoms with Crippen LogP contribution in [0, 0.1) is 0 Å². The normalized spacial score (nSPS) is 15.7. The zero-order chi connectivity index (χ0) is 9.38. The van der Waals surface area contributed by atoms with Crippen LogP contribution in [0.4, 0.5) is 0 Å². The number of hydrogen-bond acceptors (Lipinski definition) is 4. The van der Waals surface area contributed by atoms with Gasteiger partial charge in [0.25, 0.3) is 0 Å². The molecule has 1 saturated carbocycles. The summed E-state index contributed by atoms with van der Waals surface area (Å²) >= 11 is 0. The Morgan fingerprint density at radius 1 is 1.21 bits per heavy atom. The molecule has 4 nitrogen and oxygen atoms in total. The van der Waals surface area contributed by atoms with Crippen LogP contribution in [-0.4, -0.2) is 15.1 Å². The second-order valence-corrected chi connectivity index (χ2v) is 3.45. The minimum absolute atomic E-state index is 0.579. The summed E-state index contributed by atoms with van der Waals surface area (Å²) in [5.74, 6) is 0.579. The summed E-state index contributed by atoms with van der Waals surface area (Å²) in [7, 11) is 0. The van der Waals surface area contributed by atoms with E-state index < -0.39 is 0 Å². The summed E-state index contributed by atoms with van der Waals surface area (Å²) < 4.78 is 4.81. The molecule has 0 amide bonds. The van der Waals surface area contributed by atoms with Gasteiger partial charge < -0.3 is 4.52 Å². The monoisotopic (exact) mass is 187 g/mol. The molecule has 0 bridgehead atoms. The van der Waals surface area contributed by atoms with Crippen molar-refractivity contribution in [2.45, 2.75) is 18.8 Å². The molecular weight excluding hydrogens is 178 g/mol. The predicted octanol–water partition coefficient (Wildman–Crippen LogP) is 2.01. The zero-order valence-electron chi connectivity index (χ0n) is 7.55. The van der Waals surface area contributed by atoms with E-state index in [1.807, 2.05) is 6.07 Å². The van der Waals surface area contributed by atoms with Crippen LogP contribution in [0.5, 0.6) is 0 Å². The predicted molar refractivity (Wildman–Crippen MR) is 49.5 cm³/mol. The lowest BCUT2D eigenvalue weighted by atomic mass is 10.2. The Kier molecular flexibility index (Phi) is 1.59. The number of aromatic nitrogens is 3. The maximum Gasteiger partial charge on any atom is 0.134 e. The minimum atomic E-state index is 0.579. The highest BCUT2D eigenvalue weighted by atomic mass is 16.5. The maximum absolute atomic E-state index is 4.81. The van der Waals surface area contributed by atoms with Crippen LogP contribution in [0.25, 0.3) is 11.4 Å². The van der Waals surface area contributed by atoms with Gasteiger partial charge in [0.05, 0.1) is 5.69 Å². The van der Waals surface area contributed by atoms with Crippen LogP contribution in [-0.2, 0) is 0 Å². The molecular formula is C10H9N3O. The van der Waals surface area contributed by atoms with Gasteiger partial charge in [-0.3, -0.25) is 9.97 Å². The van der Waals surface area contributed by atoms with Gasteiger partial charge in [0.2, 0.25) is 0 Å². The SMILES string of the molecule is c1cnc(C2CC2)c(-c2ccon2)n1. The van der Waals surface area contributed by atoms with Crippen LogP contribution < -0.4 is 0 Å². The van der Waals surface area contributed by atoms with Crippen LogP contribution in [0.3, 0.4) is 0 Å². The van der Waals surface area contributed by atoms with Crippen molar-refractivity contribution in [3.63, 3.8) is 0 Å².